The van der Waals surface area contributed by atoms with Gasteiger partial charge in [0.2, 0.25) is 0 Å². The third-order valence-electron chi connectivity index (χ3n) is 3.79. The first-order chi connectivity index (χ1) is 10.5. The van der Waals surface area contributed by atoms with Crippen LogP contribution in [0.3, 0.4) is 0 Å². The van der Waals surface area contributed by atoms with E-state index in [9.17, 15) is 9.59 Å². The summed E-state index contributed by atoms with van der Waals surface area (Å²) in [5.41, 5.74) is 2.74. The maximum absolute atomic E-state index is 9.55. The summed E-state index contributed by atoms with van der Waals surface area (Å²) in [5, 5.41) is 19.1. The zero-order valence-corrected chi connectivity index (χ0v) is 12.4. The normalized spacial score (nSPS) is 22.5. The van der Waals surface area contributed by atoms with E-state index in [1.807, 2.05) is 0 Å². The summed E-state index contributed by atoms with van der Waals surface area (Å²) >= 11 is 0. The number of nitrogens with zero attached hydrogens (tertiary/aromatic N) is 1. The molecule has 6 nitrogen and oxygen atoms in total. The molecule has 3 rings (SSSR count). The highest BCUT2D eigenvalue weighted by Gasteiger charge is 2.37. The summed E-state index contributed by atoms with van der Waals surface area (Å²) in [5.74, 6) is -2.51. The number of nitrogens with one attached hydrogen (secondary N) is 1. The fraction of sp³-hybridized carbons (Fsp3) is 0.375. The lowest BCUT2D eigenvalue weighted by Gasteiger charge is -2.29. The molecule has 0 saturated carbocycles. The fourth-order valence-electron chi connectivity index (χ4n) is 2.76. The molecule has 118 valence electrons. The third kappa shape index (κ3) is 4.33. The number of piperazine rings is 1. The second kappa shape index (κ2) is 7.09. The molecular weight excluding hydrogens is 284 g/mol. The molecule has 0 amide bonds. The van der Waals surface area contributed by atoms with Crippen LogP contribution in [0.1, 0.15) is 12.0 Å². The van der Waals surface area contributed by atoms with Gasteiger partial charge in [0, 0.05) is 43.0 Å². The Morgan fingerprint density at radius 2 is 1.77 bits per heavy atom. The molecule has 2 aliphatic rings. The van der Waals surface area contributed by atoms with Gasteiger partial charge in [0.05, 0.1) is 0 Å². The number of hydrogen-bond acceptors (Lipinski definition) is 4. The third-order valence-corrected chi connectivity index (χ3v) is 3.79. The molecule has 0 aliphatic carbocycles. The first-order valence-corrected chi connectivity index (χ1v) is 7.16. The van der Waals surface area contributed by atoms with Crippen LogP contribution in [-0.4, -0.2) is 47.3 Å². The van der Waals surface area contributed by atoms with Gasteiger partial charge in [-0.15, -0.1) is 0 Å². The maximum Gasteiger partial charge on any atom is 0.328 e. The van der Waals surface area contributed by atoms with E-state index in [2.05, 4.69) is 41.4 Å². The predicted octanol–water partition coefficient (Wildman–Crippen LogP) is 1.26. The van der Waals surface area contributed by atoms with Crippen LogP contribution < -0.4 is 10.2 Å². The number of rotatable bonds is 3. The van der Waals surface area contributed by atoms with E-state index < -0.39 is 11.9 Å². The van der Waals surface area contributed by atoms with Gasteiger partial charge in [0.15, 0.2) is 0 Å². The van der Waals surface area contributed by atoms with E-state index >= 15 is 0 Å². The van der Waals surface area contributed by atoms with Crippen molar-refractivity contribution in [2.45, 2.75) is 25.4 Å². The number of aliphatic carboxylic acids is 2. The number of carboxylic acid groups (broad SMARTS) is 2. The molecule has 2 saturated heterocycles. The summed E-state index contributed by atoms with van der Waals surface area (Å²) < 4.78 is 0. The molecule has 1 aromatic carbocycles. The van der Waals surface area contributed by atoms with Gasteiger partial charge in [-0.25, -0.2) is 9.59 Å². The molecule has 1 aromatic rings. The second-order valence-electron chi connectivity index (χ2n) is 5.49. The Morgan fingerprint density at radius 1 is 1.18 bits per heavy atom. The first kappa shape index (κ1) is 16.0. The largest absolute Gasteiger partial charge is 0.478 e. The highest BCUT2D eigenvalue weighted by Crippen LogP contribution is 2.29. The van der Waals surface area contributed by atoms with Crippen LogP contribution in [0.2, 0.25) is 0 Å². The second-order valence-corrected chi connectivity index (χ2v) is 5.49. The molecule has 2 unspecified atom stereocenters. The Bertz CT molecular complexity index is 552. The highest BCUT2D eigenvalue weighted by atomic mass is 16.4. The van der Waals surface area contributed by atoms with Crippen molar-refractivity contribution >= 4 is 17.6 Å². The Morgan fingerprint density at radius 3 is 2.18 bits per heavy atom. The maximum atomic E-state index is 9.55. The monoisotopic (exact) mass is 304 g/mol. The number of benzene rings is 1. The lowest BCUT2D eigenvalue weighted by atomic mass is 10.2. The number of carbonyl (C=O) groups is 2. The van der Waals surface area contributed by atoms with Crippen molar-refractivity contribution < 1.29 is 19.8 Å². The van der Waals surface area contributed by atoms with Crippen LogP contribution in [0.15, 0.2) is 36.4 Å². The van der Waals surface area contributed by atoms with Crippen molar-refractivity contribution in [3.8, 4) is 0 Å². The summed E-state index contributed by atoms with van der Waals surface area (Å²) in [6, 6.07) is 10.4. The molecule has 6 heteroatoms. The first-order valence-electron chi connectivity index (χ1n) is 7.16. The SMILES string of the molecule is Cc1ccc(N2CC3CC2CN3)cc1.O=C(O)/C=C\C(=O)O. The van der Waals surface area contributed by atoms with Crippen molar-refractivity contribution in [2.75, 3.05) is 18.0 Å². The van der Waals surface area contributed by atoms with Gasteiger partial charge in [-0.05, 0) is 25.5 Å². The lowest BCUT2D eigenvalue weighted by molar-refractivity contribution is -0.134. The zero-order chi connectivity index (χ0) is 16.1. The van der Waals surface area contributed by atoms with Crippen molar-refractivity contribution in [2.24, 2.45) is 0 Å². The summed E-state index contributed by atoms with van der Waals surface area (Å²) in [7, 11) is 0. The van der Waals surface area contributed by atoms with E-state index in [1.54, 1.807) is 0 Å². The van der Waals surface area contributed by atoms with Crippen LogP contribution in [0.5, 0.6) is 0 Å². The van der Waals surface area contributed by atoms with Gasteiger partial charge in [0.1, 0.15) is 0 Å². The Labute approximate surface area is 129 Å². The minimum Gasteiger partial charge on any atom is -0.478 e. The Balaban J connectivity index is 0.000000192. The number of fused-ring (bicyclic) bond motifs is 2. The molecule has 2 bridgehead atoms. The molecule has 0 aromatic heterocycles. The van der Waals surface area contributed by atoms with E-state index in [-0.39, 0.29) is 0 Å². The van der Waals surface area contributed by atoms with Crippen LogP contribution in [0.25, 0.3) is 0 Å². The van der Waals surface area contributed by atoms with Crippen LogP contribution >= 0.6 is 0 Å². The average Bonchev–Trinajstić information content (AvgIpc) is 3.09. The minimum atomic E-state index is -1.26. The van der Waals surface area contributed by atoms with Crippen molar-refractivity contribution in [3.63, 3.8) is 0 Å². The molecule has 0 radical (unpaired) electrons. The van der Waals surface area contributed by atoms with Gasteiger partial charge in [-0.3, -0.25) is 0 Å². The molecule has 22 heavy (non-hydrogen) atoms. The molecule has 2 fully saturated rings. The minimum absolute atomic E-state index is 0.558. The highest BCUT2D eigenvalue weighted by molar-refractivity contribution is 5.89. The number of hydrogen-bond donors (Lipinski definition) is 3. The smallest absolute Gasteiger partial charge is 0.328 e. The van der Waals surface area contributed by atoms with Crippen molar-refractivity contribution in [1.29, 1.82) is 0 Å². The van der Waals surface area contributed by atoms with E-state index in [1.165, 1.54) is 30.8 Å². The van der Waals surface area contributed by atoms with E-state index in [0.717, 1.165) is 12.1 Å². The van der Waals surface area contributed by atoms with Gasteiger partial charge in [0.25, 0.3) is 0 Å². The molecule has 0 spiro atoms. The molecule has 2 heterocycles. The van der Waals surface area contributed by atoms with Crippen LogP contribution in [0, 0.1) is 6.92 Å². The lowest BCUT2D eigenvalue weighted by Crippen LogP contribution is -2.43. The molecule has 3 N–H and O–H groups in total. The van der Waals surface area contributed by atoms with Crippen LogP contribution in [-0.2, 0) is 9.59 Å². The van der Waals surface area contributed by atoms with Crippen molar-refractivity contribution in [1.82, 2.24) is 5.32 Å². The predicted molar refractivity (Wildman–Crippen MR) is 83.1 cm³/mol. The molecule has 2 aliphatic heterocycles. The van der Waals surface area contributed by atoms with E-state index in [0.29, 0.717) is 12.2 Å². The average molecular weight is 304 g/mol. The standard InChI is InChI=1S/C12H16N2.C4H4O4/c1-9-2-4-11(5-3-9)14-8-10-6-12(14)7-13-10;5-3(6)1-2-4(7)8/h2-5,10,12-13H,6-8H2,1H3;1-2H,(H,5,6)(H,7,8)/b;2-1-. The summed E-state index contributed by atoms with van der Waals surface area (Å²) in [6.45, 7) is 4.49. The van der Waals surface area contributed by atoms with Gasteiger partial charge < -0.3 is 20.4 Å². The molecule has 2 atom stereocenters. The van der Waals surface area contributed by atoms with E-state index in [4.69, 9.17) is 10.2 Å². The van der Waals surface area contributed by atoms with Crippen molar-refractivity contribution in [3.05, 3.63) is 42.0 Å². The van der Waals surface area contributed by atoms with Gasteiger partial charge >= 0.3 is 11.9 Å². The summed E-state index contributed by atoms with van der Waals surface area (Å²) in [4.78, 5) is 21.6. The quantitative estimate of drug-likeness (QED) is 0.728. The fourth-order valence-corrected chi connectivity index (χ4v) is 2.76. The van der Waals surface area contributed by atoms with Gasteiger partial charge in [-0.1, -0.05) is 17.7 Å². The molecular formula is C16H20N2O4. The van der Waals surface area contributed by atoms with Gasteiger partial charge in [-0.2, -0.15) is 0 Å². The Hall–Kier alpha value is -2.34. The zero-order valence-electron chi connectivity index (χ0n) is 12.4. The number of aryl methyl sites for hydroxylation is 1. The number of anilines is 1. The Kier molecular flexibility index (Phi) is 5.16. The summed E-state index contributed by atoms with van der Waals surface area (Å²) in [6.07, 6.45) is 2.44. The topological polar surface area (TPSA) is 89.9 Å². The number of carboxylic acids is 2. The van der Waals surface area contributed by atoms with Crippen LogP contribution in [0.4, 0.5) is 5.69 Å².